The third kappa shape index (κ3) is 5.34. The number of hydrogen-bond acceptors (Lipinski definition) is 8. The van der Waals surface area contributed by atoms with Gasteiger partial charge in [-0.15, -0.1) is 0 Å². The van der Waals surface area contributed by atoms with E-state index in [0.717, 1.165) is 56.7 Å². The number of aromatic nitrogens is 2. The molecule has 3 heterocycles. The van der Waals surface area contributed by atoms with Crippen LogP contribution in [0.5, 0.6) is 5.75 Å². The second kappa shape index (κ2) is 11.5. The predicted octanol–water partition coefficient (Wildman–Crippen LogP) is 4.19. The molecule has 10 nitrogen and oxygen atoms in total. The first-order chi connectivity index (χ1) is 19.9. The van der Waals surface area contributed by atoms with Gasteiger partial charge >= 0.3 is 0 Å². The first-order valence-corrected chi connectivity index (χ1v) is 15.2. The summed E-state index contributed by atoms with van der Waals surface area (Å²) in [5.74, 6) is 3.18. The number of carbonyl (C=O) groups excluding carboxylic acids is 2. The fourth-order valence-electron chi connectivity index (χ4n) is 7.55. The Hall–Kier alpha value is -3.40. The van der Waals surface area contributed by atoms with Gasteiger partial charge in [0.1, 0.15) is 17.5 Å². The van der Waals surface area contributed by atoms with E-state index in [1.807, 2.05) is 12.1 Å². The van der Waals surface area contributed by atoms with E-state index in [1.165, 1.54) is 19.3 Å². The number of rotatable bonds is 7. The van der Waals surface area contributed by atoms with Crippen LogP contribution in [0, 0.1) is 11.8 Å². The molecule has 0 unspecified atom stereocenters. The third-order valence-electron chi connectivity index (χ3n) is 9.73. The molecule has 41 heavy (non-hydrogen) atoms. The van der Waals surface area contributed by atoms with Crippen molar-refractivity contribution in [3.63, 3.8) is 0 Å². The standard InChI is InChI=1S/C31H43N7O3/c1-5-25-30(40)37(3)26-17-32-31(35-28(26)38(25)23-8-6-7-9-23)34-24-11-10-20(16-27(24)41-4)29(39)33-22-14-19-12-13-36(2)18-21(19)15-22/h10-11,16-17,19,21-23,25H,5-9,12-15,18H2,1-4H3,(H,33,39)(H,32,34,35)/t19-,21-,22+,25+/m0/s1. The van der Waals surface area contributed by atoms with Crippen LogP contribution in [0.1, 0.15) is 68.6 Å². The monoisotopic (exact) mass is 561 g/mol. The number of likely N-dealkylation sites (N-methyl/N-ethyl adjacent to an activating group) is 1. The molecule has 6 rings (SSSR count). The number of hydrogen-bond donors (Lipinski definition) is 2. The van der Waals surface area contributed by atoms with Gasteiger partial charge in [0, 0.05) is 31.2 Å². The summed E-state index contributed by atoms with van der Waals surface area (Å²) < 4.78 is 5.68. The molecule has 2 aliphatic carbocycles. The highest BCUT2D eigenvalue weighted by Crippen LogP contribution is 2.41. The highest BCUT2D eigenvalue weighted by atomic mass is 16.5. The van der Waals surface area contributed by atoms with Crippen LogP contribution in [-0.4, -0.2) is 79.1 Å². The number of anilines is 4. The minimum atomic E-state index is -0.226. The van der Waals surface area contributed by atoms with Gasteiger partial charge in [-0.3, -0.25) is 9.59 Å². The van der Waals surface area contributed by atoms with Crippen molar-refractivity contribution in [2.75, 3.05) is 49.4 Å². The Balaban J connectivity index is 1.20. The molecular weight excluding hydrogens is 518 g/mol. The van der Waals surface area contributed by atoms with E-state index in [2.05, 4.69) is 39.4 Å². The highest BCUT2D eigenvalue weighted by Gasteiger charge is 2.41. The lowest BCUT2D eigenvalue weighted by Crippen LogP contribution is -2.55. The summed E-state index contributed by atoms with van der Waals surface area (Å²) in [7, 11) is 5.59. The summed E-state index contributed by atoms with van der Waals surface area (Å²) >= 11 is 0. The van der Waals surface area contributed by atoms with Crippen molar-refractivity contribution in [3.05, 3.63) is 30.0 Å². The van der Waals surface area contributed by atoms with Gasteiger partial charge in [-0.05, 0) is 82.2 Å². The van der Waals surface area contributed by atoms with Gasteiger partial charge < -0.3 is 30.1 Å². The minimum Gasteiger partial charge on any atom is -0.495 e. The second-order valence-electron chi connectivity index (χ2n) is 12.3. The molecule has 0 radical (unpaired) electrons. The number of amides is 2. The lowest BCUT2D eigenvalue weighted by molar-refractivity contribution is -0.120. The molecule has 2 amide bonds. The van der Waals surface area contributed by atoms with Crippen LogP contribution in [-0.2, 0) is 4.79 Å². The van der Waals surface area contributed by atoms with Crippen LogP contribution >= 0.6 is 0 Å². The normalized spacial score (nSPS) is 26.6. The number of benzene rings is 1. The van der Waals surface area contributed by atoms with Gasteiger partial charge in [-0.1, -0.05) is 19.8 Å². The first-order valence-electron chi connectivity index (χ1n) is 15.2. The average molecular weight is 562 g/mol. The first kappa shape index (κ1) is 27.8. The minimum absolute atomic E-state index is 0.0672. The molecule has 1 saturated heterocycles. The van der Waals surface area contributed by atoms with Crippen molar-refractivity contribution in [1.29, 1.82) is 0 Å². The quantitative estimate of drug-likeness (QED) is 0.519. The number of fused-ring (bicyclic) bond motifs is 2. The van der Waals surface area contributed by atoms with E-state index in [4.69, 9.17) is 9.72 Å². The number of piperidine rings is 1. The fraction of sp³-hybridized carbons (Fsp3) is 0.613. The molecular formula is C31H43N7O3. The Bertz CT molecular complexity index is 1300. The largest absolute Gasteiger partial charge is 0.495 e. The Kier molecular flexibility index (Phi) is 7.76. The van der Waals surface area contributed by atoms with Gasteiger partial charge in [-0.2, -0.15) is 4.98 Å². The van der Waals surface area contributed by atoms with Gasteiger partial charge in [0.05, 0.1) is 19.0 Å². The summed E-state index contributed by atoms with van der Waals surface area (Å²) in [5.41, 5.74) is 1.98. The predicted molar refractivity (Wildman–Crippen MR) is 160 cm³/mol. The van der Waals surface area contributed by atoms with E-state index < -0.39 is 0 Å². The van der Waals surface area contributed by atoms with Crippen LogP contribution in [0.15, 0.2) is 24.4 Å². The Morgan fingerprint density at radius 2 is 1.90 bits per heavy atom. The number of carbonyl (C=O) groups is 2. The molecule has 0 spiro atoms. The zero-order valence-corrected chi connectivity index (χ0v) is 24.7. The molecule has 2 N–H and O–H groups in total. The summed E-state index contributed by atoms with van der Waals surface area (Å²) in [4.78, 5) is 42.2. The molecule has 220 valence electrons. The molecule has 1 aromatic carbocycles. The van der Waals surface area contributed by atoms with E-state index >= 15 is 0 Å². The maximum Gasteiger partial charge on any atom is 0.251 e. The maximum atomic E-state index is 13.2. The smallest absolute Gasteiger partial charge is 0.251 e. The Labute approximate surface area is 242 Å². The van der Waals surface area contributed by atoms with Crippen molar-refractivity contribution < 1.29 is 14.3 Å². The summed E-state index contributed by atoms with van der Waals surface area (Å²) in [5, 5.41) is 6.58. The number of nitrogens with zero attached hydrogens (tertiary/aromatic N) is 5. The van der Waals surface area contributed by atoms with Crippen LogP contribution in [0.3, 0.4) is 0 Å². The molecule has 1 aromatic heterocycles. The zero-order valence-electron chi connectivity index (χ0n) is 24.7. The Morgan fingerprint density at radius 3 is 2.66 bits per heavy atom. The fourth-order valence-corrected chi connectivity index (χ4v) is 7.55. The van der Waals surface area contributed by atoms with Crippen molar-refractivity contribution in [2.45, 2.75) is 76.4 Å². The van der Waals surface area contributed by atoms with Gasteiger partial charge in [0.15, 0.2) is 5.82 Å². The summed E-state index contributed by atoms with van der Waals surface area (Å²) in [6.45, 7) is 4.33. The third-order valence-corrected chi connectivity index (χ3v) is 9.73. The van der Waals surface area contributed by atoms with Gasteiger partial charge in [0.2, 0.25) is 11.9 Å². The molecule has 2 aromatic rings. The van der Waals surface area contributed by atoms with E-state index in [-0.39, 0.29) is 23.9 Å². The SMILES string of the molecule is CC[C@@H]1C(=O)N(C)c2cnc(Nc3ccc(C(=O)N[C@@H]4C[C@@H]5CCN(C)C[C@@H]5C4)cc3OC)nc2N1C1CCCC1. The number of likely N-dealkylation sites (tertiary alicyclic amines) is 1. The van der Waals surface area contributed by atoms with Crippen molar-refractivity contribution >= 4 is 35.0 Å². The highest BCUT2D eigenvalue weighted by molar-refractivity contribution is 6.04. The molecule has 4 aliphatic rings. The molecule has 2 aliphatic heterocycles. The number of ether oxygens (including phenoxy) is 1. The Morgan fingerprint density at radius 1 is 1.12 bits per heavy atom. The average Bonchev–Trinajstić information content (AvgIpc) is 3.64. The van der Waals surface area contributed by atoms with E-state index in [9.17, 15) is 9.59 Å². The summed E-state index contributed by atoms with van der Waals surface area (Å²) in [6.07, 6.45) is 10.2. The van der Waals surface area contributed by atoms with Crippen molar-refractivity contribution in [1.82, 2.24) is 20.2 Å². The number of nitrogens with one attached hydrogen (secondary N) is 2. The lowest BCUT2D eigenvalue weighted by Gasteiger charge is -2.43. The maximum absolute atomic E-state index is 13.2. The molecule has 4 atom stereocenters. The van der Waals surface area contributed by atoms with Crippen molar-refractivity contribution in [2.24, 2.45) is 11.8 Å². The number of methoxy groups -OCH3 is 1. The van der Waals surface area contributed by atoms with Crippen LogP contribution in [0.25, 0.3) is 0 Å². The molecule has 2 saturated carbocycles. The molecule has 10 heteroatoms. The molecule has 0 bridgehead atoms. The van der Waals surface area contributed by atoms with Crippen LogP contribution in [0.4, 0.5) is 23.1 Å². The molecule has 3 fully saturated rings. The summed E-state index contributed by atoms with van der Waals surface area (Å²) in [6, 6.07) is 5.73. The van der Waals surface area contributed by atoms with E-state index in [1.54, 1.807) is 31.3 Å². The van der Waals surface area contributed by atoms with Crippen molar-refractivity contribution in [3.8, 4) is 5.75 Å². The van der Waals surface area contributed by atoms with Gasteiger partial charge in [-0.25, -0.2) is 4.98 Å². The zero-order chi connectivity index (χ0) is 28.7. The topological polar surface area (TPSA) is 103 Å². The van der Waals surface area contributed by atoms with Crippen LogP contribution in [0.2, 0.25) is 0 Å². The van der Waals surface area contributed by atoms with Gasteiger partial charge in [0.25, 0.3) is 5.91 Å². The second-order valence-corrected chi connectivity index (χ2v) is 12.3. The van der Waals surface area contributed by atoms with Crippen LogP contribution < -0.4 is 25.2 Å². The van der Waals surface area contributed by atoms with E-state index in [0.29, 0.717) is 40.8 Å². The lowest BCUT2D eigenvalue weighted by atomic mass is 9.89.